The summed E-state index contributed by atoms with van der Waals surface area (Å²) < 4.78 is 0. The van der Waals surface area contributed by atoms with Crippen molar-refractivity contribution in [2.75, 3.05) is 6.61 Å². The maximum atomic E-state index is 8.73. The number of hydrogen-bond donors (Lipinski definition) is 2. The Bertz CT molecular complexity index is 436. The molecule has 14 heavy (non-hydrogen) atoms. The fraction of sp³-hybridized carbons (Fsp3) is 0.273. The highest BCUT2D eigenvalue weighted by atomic mass is 35.5. The van der Waals surface area contributed by atoms with Crippen LogP contribution in [-0.4, -0.2) is 16.7 Å². The number of benzene rings is 1. The average molecular weight is 210 g/mol. The van der Waals surface area contributed by atoms with Gasteiger partial charge in [0.2, 0.25) is 0 Å². The number of aromatic amines is 1. The summed E-state index contributed by atoms with van der Waals surface area (Å²) in [5.41, 5.74) is 2.23. The van der Waals surface area contributed by atoms with E-state index in [9.17, 15) is 0 Å². The molecule has 1 heterocycles. The molecule has 1 aromatic heterocycles. The van der Waals surface area contributed by atoms with Gasteiger partial charge in [0.05, 0.1) is 5.02 Å². The van der Waals surface area contributed by atoms with Crippen molar-refractivity contribution in [3.8, 4) is 0 Å². The minimum Gasteiger partial charge on any atom is -0.396 e. The Kier molecular flexibility index (Phi) is 2.75. The lowest BCUT2D eigenvalue weighted by Gasteiger charge is -2.01. The second-order valence-corrected chi connectivity index (χ2v) is 3.75. The maximum Gasteiger partial charge on any atom is 0.0502 e. The molecule has 0 aliphatic heterocycles. The van der Waals surface area contributed by atoms with Crippen LogP contribution in [0.1, 0.15) is 12.0 Å². The molecule has 2 rings (SSSR count). The van der Waals surface area contributed by atoms with Gasteiger partial charge in [-0.25, -0.2) is 0 Å². The second kappa shape index (κ2) is 4.03. The summed E-state index contributed by atoms with van der Waals surface area (Å²) in [6, 6.07) is 6.01. The highest BCUT2D eigenvalue weighted by molar-refractivity contribution is 6.35. The third-order valence-electron chi connectivity index (χ3n) is 2.30. The van der Waals surface area contributed by atoms with Crippen LogP contribution in [0, 0.1) is 0 Å². The molecule has 2 nitrogen and oxygen atoms in total. The molecule has 0 aliphatic carbocycles. The molecule has 0 spiro atoms. The Balaban J connectivity index is 2.38. The number of aliphatic hydroxyl groups excluding tert-OH is 1. The first-order valence-corrected chi connectivity index (χ1v) is 5.05. The maximum absolute atomic E-state index is 8.73. The van der Waals surface area contributed by atoms with Gasteiger partial charge in [-0.2, -0.15) is 0 Å². The zero-order chi connectivity index (χ0) is 9.97. The van der Waals surface area contributed by atoms with Crippen molar-refractivity contribution in [3.63, 3.8) is 0 Å². The molecule has 1 aromatic carbocycles. The van der Waals surface area contributed by atoms with Crippen LogP contribution in [0.4, 0.5) is 0 Å². The lowest BCUT2D eigenvalue weighted by atomic mass is 10.1. The van der Waals surface area contributed by atoms with E-state index in [4.69, 9.17) is 16.7 Å². The summed E-state index contributed by atoms with van der Waals surface area (Å²) >= 11 is 6.10. The van der Waals surface area contributed by atoms with Crippen LogP contribution in [0.15, 0.2) is 24.4 Å². The van der Waals surface area contributed by atoms with E-state index in [-0.39, 0.29) is 6.61 Å². The predicted octanol–water partition coefficient (Wildman–Crippen LogP) is 2.75. The Labute approximate surface area is 87.5 Å². The van der Waals surface area contributed by atoms with Gasteiger partial charge in [0.25, 0.3) is 0 Å². The topological polar surface area (TPSA) is 36.0 Å². The largest absolute Gasteiger partial charge is 0.396 e. The Morgan fingerprint density at radius 1 is 1.36 bits per heavy atom. The number of nitrogens with one attached hydrogen (secondary N) is 1. The molecule has 3 heteroatoms. The van der Waals surface area contributed by atoms with Crippen LogP contribution in [0.3, 0.4) is 0 Å². The van der Waals surface area contributed by atoms with E-state index in [1.807, 2.05) is 18.3 Å². The van der Waals surface area contributed by atoms with Gasteiger partial charge in [0.15, 0.2) is 0 Å². The van der Waals surface area contributed by atoms with Crippen LogP contribution >= 0.6 is 11.6 Å². The number of aliphatic hydroxyl groups is 1. The van der Waals surface area contributed by atoms with E-state index < -0.39 is 0 Å². The van der Waals surface area contributed by atoms with Gasteiger partial charge >= 0.3 is 0 Å². The lowest BCUT2D eigenvalue weighted by Crippen LogP contribution is -1.89. The molecule has 0 amide bonds. The van der Waals surface area contributed by atoms with Crippen molar-refractivity contribution in [2.45, 2.75) is 12.8 Å². The van der Waals surface area contributed by atoms with E-state index in [2.05, 4.69) is 11.1 Å². The Morgan fingerprint density at radius 2 is 2.21 bits per heavy atom. The number of halogens is 1. The zero-order valence-corrected chi connectivity index (χ0v) is 8.51. The monoisotopic (exact) mass is 209 g/mol. The first-order valence-electron chi connectivity index (χ1n) is 4.67. The summed E-state index contributed by atoms with van der Waals surface area (Å²) in [5.74, 6) is 0. The minimum absolute atomic E-state index is 0.223. The molecule has 0 bridgehead atoms. The van der Waals surface area contributed by atoms with Gasteiger partial charge < -0.3 is 10.1 Å². The van der Waals surface area contributed by atoms with Crippen LogP contribution in [-0.2, 0) is 6.42 Å². The first kappa shape index (κ1) is 9.56. The summed E-state index contributed by atoms with van der Waals surface area (Å²) in [4.78, 5) is 3.13. The van der Waals surface area contributed by atoms with E-state index in [0.717, 1.165) is 28.8 Å². The van der Waals surface area contributed by atoms with Gasteiger partial charge in [0, 0.05) is 23.7 Å². The summed E-state index contributed by atoms with van der Waals surface area (Å²) in [7, 11) is 0. The molecule has 2 N–H and O–H groups in total. The van der Waals surface area contributed by atoms with Crippen molar-refractivity contribution in [3.05, 3.63) is 35.0 Å². The summed E-state index contributed by atoms with van der Waals surface area (Å²) in [6.07, 6.45) is 3.53. The molecule has 0 atom stereocenters. The smallest absolute Gasteiger partial charge is 0.0502 e. The first-order chi connectivity index (χ1) is 6.81. The third kappa shape index (κ3) is 1.76. The highest BCUT2D eigenvalue weighted by Gasteiger charge is 2.02. The third-order valence-corrected chi connectivity index (χ3v) is 2.61. The number of aromatic nitrogens is 1. The van der Waals surface area contributed by atoms with E-state index in [0.29, 0.717) is 0 Å². The summed E-state index contributed by atoms with van der Waals surface area (Å²) in [5, 5.41) is 10.6. The fourth-order valence-corrected chi connectivity index (χ4v) is 1.91. The van der Waals surface area contributed by atoms with Crippen molar-refractivity contribution >= 4 is 22.5 Å². The van der Waals surface area contributed by atoms with E-state index in [1.54, 1.807) is 0 Å². The Hall–Kier alpha value is -0.990. The van der Waals surface area contributed by atoms with Crippen molar-refractivity contribution in [2.24, 2.45) is 0 Å². The average Bonchev–Trinajstić information content (AvgIpc) is 2.63. The molecular weight excluding hydrogens is 198 g/mol. The Morgan fingerprint density at radius 3 is 3.00 bits per heavy atom. The predicted molar refractivity (Wildman–Crippen MR) is 58.7 cm³/mol. The standard InChI is InChI=1S/C11H12ClNO/c12-10-6-8(2-1-5-14)7-11-9(10)3-4-13-11/h3-4,6-7,13-14H,1-2,5H2. The molecule has 0 unspecified atom stereocenters. The van der Waals surface area contributed by atoms with E-state index >= 15 is 0 Å². The van der Waals surface area contributed by atoms with Gasteiger partial charge in [0.1, 0.15) is 0 Å². The quantitative estimate of drug-likeness (QED) is 0.801. The number of aryl methyl sites for hydroxylation is 1. The van der Waals surface area contributed by atoms with Crippen molar-refractivity contribution < 1.29 is 5.11 Å². The van der Waals surface area contributed by atoms with Gasteiger partial charge in [-0.3, -0.25) is 0 Å². The van der Waals surface area contributed by atoms with Gasteiger partial charge in [-0.15, -0.1) is 0 Å². The summed E-state index contributed by atoms with van der Waals surface area (Å²) in [6.45, 7) is 0.223. The zero-order valence-electron chi connectivity index (χ0n) is 7.76. The van der Waals surface area contributed by atoms with Gasteiger partial charge in [-0.05, 0) is 36.6 Å². The second-order valence-electron chi connectivity index (χ2n) is 3.34. The molecule has 0 radical (unpaired) electrons. The number of rotatable bonds is 3. The van der Waals surface area contributed by atoms with Crippen molar-refractivity contribution in [1.29, 1.82) is 0 Å². The molecule has 0 aliphatic rings. The molecule has 0 saturated carbocycles. The SMILES string of the molecule is OCCCc1cc(Cl)c2cc[nH]c2c1. The lowest BCUT2D eigenvalue weighted by molar-refractivity contribution is 0.288. The fourth-order valence-electron chi connectivity index (χ4n) is 1.61. The normalized spacial score (nSPS) is 11.0. The highest BCUT2D eigenvalue weighted by Crippen LogP contribution is 2.24. The molecule has 74 valence electrons. The van der Waals surface area contributed by atoms with Crippen LogP contribution in [0.25, 0.3) is 10.9 Å². The van der Waals surface area contributed by atoms with Crippen LogP contribution < -0.4 is 0 Å². The molecule has 0 saturated heterocycles. The van der Waals surface area contributed by atoms with Gasteiger partial charge in [-0.1, -0.05) is 11.6 Å². The number of fused-ring (bicyclic) bond motifs is 1. The number of H-pyrrole nitrogens is 1. The van der Waals surface area contributed by atoms with Crippen LogP contribution in [0.5, 0.6) is 0 Å². The molecule has 0 fully saturated rings. The number of hydrogen-bond acceptors (Lipinski definition) is 1. The minimum atomic E-state index is 0.223. The molecular formula is C11H12ClNO. The molecule has 2 aromatic rings. The van der Waals surface area contributed by atoms with E-state index in [1.165, 1.54) is 5.56 Å². The van der Waals surface area contributed by atoms with Crippen LogP contribution in [0.2, 0.25) is 5.02 Å². The van der Waals surface area contributed by atoms with Crippen molar-refractivity contribution in [1.82, 2.24) is 4.98 Å².